The number of aromatic carboxylic acids is 1. The first-order valence-corrected chi connectivity index (χ1v) is 7.07. The van der Waals surface area contributed by atoms with E-state index in [1.165, 1.54) is 25.3 Å². The Bertz CT molecular complexity index is 485. The van der Waals surface area contributed by atoms with E-state index in [-0.39, 0.29) is 11.0 Å². The first kappa shape index (κ1) is 14.2. The molecular formula is C15H20ClNO2. The van der Waals surface area contributed by atoms with Crippen LogP contribution in [0.4, 0.5) is 5.69 Å². The third-order valence-electron chi connectivity index (χ3n) is 4.05. The molecule has 1 fully saturated rings. The van der Waals surface area contributed by atoms with Crippen molar-refractivity contribution in [3.8, 4) is 0 Å². The van der Waals surface area contributed by atoms with Crippen LogP contribution in [0.2, 0.25) is 5.02 Å². The molecule has 0 aromatic heterocycles. The van der Waals surface area contributed by atoms with Gasteiger partial charge in [-0.15, -0.1) is 0 Å². The van der Waals surface area contributed by atoms with Crippen molar-refractivity contribution in [1.82, 2.24) is 0 Å². The molecular weight excluding hydrogens is 262 g/mol. The van der Waals surface area contributed by atoms with E-state index in [1.54, 1.807) is 12.1 Å². The van der Waals surface area contributed by atoms with E-state index in [2.05, 4.69) is 19.2 Å². The third-order valence-corrected chi connectivity index (χ3v) is 4.28. The van der Waals surface area contributed by atoms with Crippen LogP contribution < -0.4 is 5.32 Å². The summed E-state index contributed by atoms with van der Waals surface area (Å²) in [4.78, 5) is 11.3. The van der Waals surface area contributed by atoms with Crippen molar-refractivity contribution in [2.45, 2.75) is 45.6 Å². The summed E-state index contributed by atoms with van der Waals surface area (Å²) in [5, 5.41) is 13.1. The molecule has 0 bridgehead atoms. The molecule has 2 rings (SSSR count). The van der Waals surface area contributed by atoms with Crippen molar-refractivity contribution in [2.24, 2.45) is 5.41 Å². The van der Waals surface area contributed by atoms with Crippen LogP contribution in [-0.2, 0) is 0 Å². The molecule has 3 nitrogen and oxygen atoms in total. The van der Waals surface area contributed by atoms with Gasteiger partial charge in [0.05, 0.1) is 5.56 Å². The first-order valence-electron chi connectivity index (χ1n) is 6.69. The monoisotopic (exact) mass is 281 g/mol. The summed E-state index contributed by atoms with van der Waals surface area (Å²) in [5.74, 6) is -0.946. The van der Waals surface area contributed by atoms with Crippen LogP contribution >= 0.6 is 11.6 Å². The molecule has 0 radical (unpaired) electrons. The molecule has 19 heavy (non-hydrogen) atoms. The van der Waals surface area contributed by atoms with E-state index in [1.807, 2.05) is 0 Å². The van der Waals surface area contributed by atoms with Gasteiger partial charge in [0.15, 0.2) is 0 Å². The van der Waals surface area contributed by atoms with Crippen molar-refractivity contribution >= 4 is 23.3 Å². The van der Waals surface area contributed by atoms with Crippen LogP contribution in [0, 0.1) is 5.41 Å². The molecule has 2 N–H and O–H groups in total. The Balaban J connectivity index is 2.25. The Morgan fingerprint density at radius 1 is 1.42 bits per heavy atom. The van der Waals surface area contributed by atoms with Crippen LogP contribution in [0.5, 0.6) is 0 Å². The lowest BCUT2D eigenvalue weighted by molar-refractivity contribution is 0.0697. The summed E-state index contributed by atoms with van der Waals surface area (Å²) in [7, 11) is 0. The van der Waals surface area contributed by atoms with Gasteiger partial charge >= 0.3 is 5.97 Å². The molecule has 104 valence electrons. The van der Waals surface area contributed by atoms with E-state index in [4.69, 9.17) is 11.6 Å². The molecule has 0 heterocycles. The molecule has 0 amide bonds. The summed E-state index contributed by atoms with van der Waals surface area (Å²) >= 11 is 5.87. The zero-order valence-corrected chi connectivity index (χ0v) is 12.1. The molecule has 1 aromatic rings. The van der Waals surface area contributed by atoms with E-state index < -0.39 is 5.97 Å². The Kier molecular flexibility index (Phi) is 4.04. The van der Waals surface area contributed by atoms with Crippen molar-refractivity contribution < 1.29 is 9.90 Å². The van der Waals surface area contributed by atoms with E-state index in [0.29, 0.717) is 16.8 Å². The average Bonchev–Trinajstić information content (AvgIpc) is 2.33. The van der Waals surface area contributed by atoms with E-state index in [0.717, 1.165) is 6.42 Å². The van der Waals surface area contributed by atoms with E-state index >= 15 is 0 Å². The maximum atomic E-state index is 11.3. The largest absolute Gasteiger partial charge is 0.478 e. The van der Waals surface area contributed by atoms with Crippen molar-refractivity contribution in [3.05, 3.63) is 28.8 Å². The second kappa shape index (κ2) is 5.41. The predicted molar refractivity (Wildman–Crippen MR) is 78.1 cm³/mol. The Labute approximate surface area is 119 Å². The van der Waals surface area contributed by atoms with Gasteiger partial charge in [0.1, 0.15) is 0 Å². The van der Waals surface area contributed by atoms with Gasteiger partial charge in [-0.1, -0.05) is 38.3 Å². The fraction of sp³-hybridized carbons (Fsp3) is 0.533. The SMILES string of the molecule is CC1(C)CCCCC1Nc1ccc(Cl)cc1C(=O)O. The number of carbonyl (C=O) groups is 1. The molecule has 4 heteroatoms. The highest BCUT2D eigenvalue weighted by molar-refractivity contribution is 6.31. The van der Waals surface area contributed by atoms with Crippen LogP contribution in [-0.4, -0.2) is 17.1 Å². The normalized spacial score (nSPS) is 21.9. The molecule has 1 atom stereocenters. The number of nitrogens with one attached hydrogen (secondary N) is 1. The topological polar surface area (TPSA) is 49.3 Å². The standard InChI is InChI=1S/C15H20ClNO2/c1-15(2)8-4-3-5-13(15)17-12-7-6-10(16)9-11(12)14(18)19/h6-7,9,13,17H,3-5,8H2,1-2H3,(H,18,19). The number of rotatable bonds is 3. The minimum Gasteiger partial charge on any atom is -0.478 e. The molecule has 0 saturated heterocycles. The summed E-state index contributed by atoms with van der Waals surface area (Å²) < 4.78 is 0. The Morgan fingerprint density at radius 3 is 2.79 bits per heavy atom. The van der Waals surface area contributed by atoms with Gasteiger partial charge in [-0.25, -0.2) is 4.79 Å². The van der Waals surface area contributed by atoms with Gasteiger partial charge in [0, 0.05) is 16.8 Å². The maximum absolute atomic E-state index is 11.3. The molecule has 0 spiro atoms. The minimum absolute atomic E-state index is 0.188. The number of carboxylic acid groups (broad SMARTS) is 1. The van der Waals surface area contributed by atoms with E-state index in [9.17, 15) is 9.90 Å². The van der Waals surface area contributed by atoms with Crippen LogP contribution in [0.3, 0.4) is 0 Å². The molecule has 1 aliphatic carbocycles. The highest BCUT2D eigenvalue weighted by Gasteiger charge is 2.32. The fourth-order valence-electron chi connectivity index (χ4n) is 2.77. The van der Waals surface area contributed by atoms with Gasteiger partial charge in [-0.2, -0.15) is 0 Å². The average molecular weight is 282 g/mol. The number of hydrogen-bond donors (Lipinski definition) is 2. The highest BCUT2D eigenvalue weighted by atomic mass is 35.5. The third kappa shape index (κ3) is 3.21. The van der Waals surface area contributed by atoms with Crippen LogP contribution in [0.1, 0.15) is 49.9 Å². The summed E-state index contributed by atoms with van der Waals surface area (Å²) in [6, 6.07) is 5.30. The lowest BCUT2D eigenvalue weighted by atomic mass is 9.73. The lowest BCUT2D eigenvalue weighted by Gasteiger charge is -2.39. The predicted octanol–water partition coefficient (Wildman–Crippen LogP) is 4.42. The zero-order chi connectivity index (χ0) is 14.0. The second-order valence-corrected chi connectivity index (χ2v) is 6.36. The van der Waals surface area contributed by atoms with Gasteiger partial charge < -0.3 is 10.4 Å². The van der Waals surface area contributed by atoms with Gasteiger partial charge in [-0.05, 0) is 36.5 Å². The summed E-state index contributed by atoms with van der Waals surface area (Å²) in [5.41, 5.74) is 1.10. The Morgan fingerprint density at radius 2 is 2.16 bits per heavy atom. The molecule has 1 saturated carbocycles. The number of anilines is 1. The fourth-order valence-corrected chi connectivity index (χ4v) is 2.94. The molecule has 0 aliphatic heterocycles. The van der Waals surface area contributed by atoms with Gasteiger partial charge in [0.2, 0.25) is 0 Å². The lowest BCUT2D eigenvalue weighted by Crippen LogP contribution is -2.39. The van der Waals surface area contributed by atoms with Crippen molar-refractivity contribution in [3.63, 3.8) is 0 Å². The minimum atomic E-state index is -0.946. The number of halogens is 1. The number of carboxylic acids is 1. The van der Waals surface area contributed by atoms with Gasteiger partial charge in [0.25, 0.3) is 0 Å². The zero-order valence-electron chi connectivity index (χ0n) is 11.4. The molecule has 1 unspecified atom stereocenters. The quantitative estimate of drug-likeness (QED) is 0.862. The smallest absolute Gasteiger partial charge is 0.337 e. The molecule has 1 aliphatic rings. The maximum Gasteiger partial charge on any atom is 0.337 e. The highest BCUT2D eigenvalue weighted by Crippen LogP contribution is 2.38. The second-order valence-electron chi connectivity index (χ2n) is 5.93. The number of benzene rings is 1. The first-order chi connectivity index (χ1) is 8.90. The van der Waals surface area contributed by atoms with Crippen molar-refractivity contribution in [1.29, 1.82) is 0 Å². The summed E-state index contributed by atoms with van der Waals surface area (Å²) in [6.45, 7) is 4.47. The summed E-state index contributed by atoms with van der Waals surface area (Å²) in [6.07, 6.45) is 4.68. The number of hydrogen-bond acceptors (Lipinski definition) is 2. The van der Waals surface area contributed by atoms with Gasteiger partial charge in [-0.3, -0.25) is 0 Å². The Hall–Kier alpha value is -1.22. The molecule has 1 aromatic carbocycles. The van der Waals surface area contributed by atoms with Crippen molar-refractivity contribution in [2.75, 3.05) is 5.32 Å². The van der Waals surface area contributed by atoms with Crippen LogP contribution in [0.15, 0.2) is 18.2 Å². The van der Waals surface area contributed by atoms with Crippen LogP contribution in [0.25, 0.3) is 0 Å².